The summed E-state index contributed by atoms with van der Waals surface area (Å²) < 4.78 is 2.60. The molecule has 0 aromatic heterocycles. The molecule has 22 heavy (non-hydrogen) atoms. The quantitative estimate of drug-likeness (QED) is 0.732. The van der Waals surface area contributed by atoms with Crippen LogP contribution in [0.25, 0.3) is 0 Å². The molecule has 1 unspecified atom stereocenters. The van der Waals surface area contributed by atoms with E-state index in [0.717, 1.165) is 6.16 Å². The van der Waals surface area contributed by atoms with Crippen molar-refractivity contribution in [2.45, 2.75) is 32.5 Å². The van der Waals surface area contributed by atoms with Gasteiger partial charge in [0.2, 0.25) is 0 Å². The Morgan fingerprint density at radius 3 is 1.77 bits per heavy atom. The monoisotopic (exact) mass is 379 g/mol. The zero-order valence-electron chi connectivity index (χ0n) is 14.3. The first kappa shape index (κ1) is 19.4. The van der Waals surface area contributed by atoms with E-state index in [1.807, 2.05) is 0 Å². The fourth-order valence-electron chi connectivity index (χ4n) is 2.72. The average molecular weight is 380 g/mol. The Hall–Kier alpha value is -0.690. The normalized spacial score (nSPS) is 14.3. The number of halogens is 1. The zero-order valence-corrected chi connectivity index (χ0v) is 16.7. The predicted molar refractivity (Wildman–Crippen MR) is 96.6 cm³/mol. The van der Waals surface area contributed by atoms with E-state index in [1.54, 1.807) is 0 Å². The van der Waals surface area contributed by atoms with Crippen LogP contribution in [0.4, 0.5) is 0 Å². The molecule has 2 aromatic carbocycles. The second-order valence-electron chi connectivity index (χ2n) is 6.81. The molecular formula is C19H27BrNP. The Morgan fingerprint density at radius 2 is 1.32 bits per heavy atom. The lowest BCUT2D eigenvalue weighted by molar-refractivity contribution is -0.00000547. The summed E-state index contributed by atoms with van der Waals surface area (Å²) in [5.41, 5.74) is 1.58. The highest BCUT2D eigenvalue weighted by Crippen LogP contribution is 2.61. The molecule has 120 valence electrons. The first-order chi connectivity index (χ1) is 9.84. The Labute approximate surface area is 146 Å². The summed E-state index contributed by atoms with van der Waals surface area (Å²) >= 11 is 0. The van der Waals surface area contributed by atoms with Crippen LogP contribution in [0, 0.1) is 0 Å². The molecule has 0 saturated heterocycles. The van der Waals surface area contributed by atoms with Crippen LogP contribution in [-0.2, 0) is 6.16 Å². The van der Waals surface area contributed by atoms with Crippen LogP contribution in [0.3, 0.4) is 0 Å². The van der Waals surface area contributed by atoms with Gasteiger partial charge in [-0.2, -0.15) is 4.67 Å². The lowest BCUT2D eigenvalue weighted by Crippen LogP contribution is -3.00. The molecule has 0 aliphatic heterocycles. The van der Waals surface area contributed by atoms with Crippen LogP contribution in [0.2, 0.25) is 0 Å². The molecule has 2 aromatic rings. The molecular weight excluding hydrogens is 353 g/mol. The molecule has 0 amide bonds. The van der Waals surface area contributed by atoms with E-state index >= 15 is 0 Å². The van der Waals surface area contributed by atoms with Gasteiger partial charge < -0.3 is 17.0 Å². The summed E-state index contributed by atoms with van der Waals surface area (Å²) in [4.78, 5) is 0. The molecule has 0 fully saturated rings. The van der Waals surface area contributed by atoms with E-state index in [0.29, 0.717) is 0 Å². The Balaban J connectivity index is 0.00000242. The molecule has 0 spiro atoms. The topological polar surface area (TPSA) is 3.24 Å². The second-order valence-corrected chi connectivity index (χ2v) is 10.5. The standard InChI is InChI=1S/C19H27NP.BrH/c1-19(2,3)20(4)21(5,18-14-10-7-11-15-18)16-17-12-8-6-9-13-17;/h6-15H,16H2,1-5H3;1H/q+1;/p-1. The molecule has 0 saturated carbocycles. The van der Waals surface area contributed by atoms with Gasteiger partial charge >= 0.3 is 0 Å². The van der Waals surface area contributed by atoms with E-state index in [-0.39, 0.29) is 22.5 Å². The molecule has 0 aliphatic rings. The molecule has 0 radical (unpaired) electrons. The van der Waals surface area contributed by atoms with Crippen molar-refractivity contribution in [3.05, 3.63) is 66.2 Å². The molecule has 2 rings (SSSR count). The third-order valence-electron chi connectivity index (χ3n) is 4.28. The van der Waals surface area contributed by atoms with Crippen molar-refractivity contribution >= 4 is 12.7 Å². The van der Waals surface area contributed by atoms with Gasteiger partial charge in [-0.1, -0.05) is 48.5 Å². The summed E-state index contributed by atoms with van der Waals surface area (Å²) in [6, 6.07) is 21.9. The van der Waals surface area contributed by atoms with Crippen molar-refractivity contribution in [3.8, 4) is 0 Å². The average Bonchev–Trinajstić information content (AvgIpc) is 2.47. The Kier molecular flexibility index (Phi) is 6.80. The highest BCUT2D eigenvalue weighted by atomic mass is 79.9. The minimum absolute atomic E-state index is 0. The summed E-state index contributed by atoms with van der Waals surface area (Å²) in [5.74, 6) is 0. The maximum atomic E-state index is 2.60. The smallest absolute Gasteiger partial charge is 0.117 e. The van der Waals surface area contributed by atoms with Crippen molar-refractivity contribution in [1.82, 2.24) is 4.67 Å². The van der Waals surface area contributed by atoms with Gasteiger partial charge in [0.05, 0.1) is 6.66 Å². The lowest BCUT2D eigenvalue weighted by atomic mass is 10.1. The molecule has 0 heterocycles. The van der Waals surface area contributed by atoms with Gasteiger partial charge in [0.1, 0.15) is 18.9 Å². The zero-order chi connectivity index (χ0) is 15.5. The highest BCUT2D eigenvalue weighted by Gasteiger charge is 2.44. The minimum Gasteiger partial charge on any atom is -1.00 e. The van der Waals surface area contributed by atoms with Crippen LogP contribution in [0.15, 0.2) is 60.7 Å². The summed E-state index contributed by atoms with van der Waals surface area (Å²) in [6.45, 7) is 9.37. The van der Waals surface area contributed by atoms with E-state index in [2.05, 4.69) is 99.8 Å². The van der Waals surface area contributed by atoms with Crippen molar-refractivity contribution in [2.75, 3.05) is 13.7 Å². The molecule has 3 heteroatoms. The number of rotatable bonds is 4. The van der Waals surface area contributed by atoms with Gasteiger partial charge in [-0.15, -0.1) is 0 Å². The summed E-state index contributed by atoms with van der Waals surface area (Å²) in [6.07, 6.45) is 1.12. The van der Waals surface area contributed by atoms with Gasteiger partial charge in [-0.05, 0) is 38.5 Å². The number of benzene rings is 2. The van der Waals surface area contributed by atoms with Crippen molar-refractivity contribution in [2.24, 2.45) is 0 Å². The fraction of sp³-hybridized carbons (Fsp3) is 0.368. The number of hydrogen-bond donors (Lipinski definition) is 0. The first-order valence-corrected chi connectivity index (χ1v) is 9.91. The van der Waals surface area contributed by atoms with Gasteiger partial charge in [0.25, 0.3) is 0 Å². The fourth-order valence-corrected chi connectivity index (χ4v) is 6.52. The van der Waals surface area contributed by atoms with Crippen molar-refractivity contribution in [1.29, 1.82) is 0 Å². The van der Waals surface area contributed by atoms with Crippen molar-refractivity contribution in [3.63, 3.8) is 0 Å². The number of nitrogens with zero attached hydrogens (tertiary/aromatic N) is 1. The maximum absolute atomic E-state index is 2.60. The van der Waals surface area contributed by atoms with Crippen LogP contribution >= 0.6 is 7.41 Å². The van der Waals surface area contributed by atoms with Gasteiger partial charge in [0, 0.05) is 12.6 Å². The lowest BCUT2D eigenvalue weighted by Gasteiger charge is -2.40. The molecule has 0 N–H and O–H groups in total. The minimum atomic E-state index is -1.42. The summed E-state index contributed by atoms with van der Waals surface area (Å²) in [7, 11) is 0.859. The molecule has 0 bridgehead atoms. The highest BCUT2D eigenvalue weighted by molar-refractivity contribution is 7.79. The molecule has 1 atom stereocenters. The predicted octanol–water partition coefficient (Wildman–Crippen LogP) is 1.81. The Morgan fingerprint density at radius 1 is 0.864 bits per heavy atom. The van der Waals surface area contributed by atoms with E-state index in [9.17, 15) is 0 Å². The van der Waals surface area contributed by atoms with E-state index in [1.165, 1.54) is 10.9 Å². The largest absolute Gasteiger partial charge is 1.00 e. The van der Waals surface area contributed by atoms with Crippen LogP contribution in [0.1, 0.15) is 26.3 Å². The van der Waals surface area contributed by atoms with Crippen LogP contribution in [0.5, 0.6) is 0 Å². The van der Waals surface area contributed by atoms with Crippen LogP contribution < -0.4 is 22.3 Å². The molecule has 0 aliphatic carbocycles. The van der Waals surface area contributed by atoms with Crippen molar-refractivity contribution < 1.29 is 17.0 Å². The van der Waals surface area contributed by atoms with E-state index in [4.69, 9.17) is 0 Å². The first-order valence-electron chi connectivity index (χ1n) is 7.53. The number of hydrogen-bond acceptors (Lipinski definition) is 1. The maximum Gasteiger partial charge on any atom is 0.117 e. The van der Waals surface area contributed by atoms with Gasteiger partial charge in [-0.25, -0.2) is 0 Å². The summed E-state index contributed by atoms with van der Waals surface area (Å²) in [5, 5.41) is 1.48. The third-order valence-corrected chi connectivity index (χ3v) is 8.59. The second kappa shape index (κ2) is 7.73. The van der Waals surface area contributed by atoms with E-state index < -0.39 is 7.41 Å². The molecule has 1 nitrogen and oxygen atoms in total. The SMILES string of the molecule is CN(C(C)(C)C)[P+](C)(Cc1ccccc1)c1ccccc1.[Br-]. The van der Waals surface area contributed by atoms with Gasteiger partial charge in [-0.3, -0.25) is 0 Å². The van der Waals surface area contributed by atoms with Gasteiger partial charge in [0.15, 0.2) is 0 Å². The Bertz CT molecular complexity index is 565. The van der Waals surface area contributed by atoms with Crippen LogP contribution in [-0.4, -0.2) is 23.9 Å². The third kappa shape index (κ3) is 4.41.